The summed E-state index contributed by atoms with van der Waals surface area (Å²) in [5.41, 5.74) is 0. The number of carboxylic acids is 1. The minimum absolute atomic E-state index is 0.0280. The standard InChI is InChI=1S/C17H34O2.C8H16O3/c1-4-5-6-7-8-9-10-11-12-13-14-15-17(18)19-16(2)3;1-2-3-4-5-6-7(9)8(10)11/h16H,4-15H2,1-3H3;7,9H,2-6H2,1H3,(H,10,11). The summed E-state index contributed by atoms with van der Waals surface area (Å²) in [6.45, 7) is 8.15. The Morgan fingerprint density at radius 1 is 0.700 bits per heavy atom. The second-order valence-electron chi connectivity index (χ2n) is 8.53. The van der Waals surface area contributed by atoms with Crippen molar-refractivity contribution in [1.29, 1.82) is 0 Å². The first-order chi connectivity index (χ1) is 14.3. The van der Waals surface area contributed by atoms with E-state index >= 15 is 0 Å². The molecule has 0 fully saturated rings. The number of unbranched alkanes of at least 4 members (excludes halogenated alkanes) is 13. The Morgan fingerprint density at radius 3 is 1.50 bits per heavy atom. The lowest BCUT2D eigenvalue weighted by atomic mass is 10.1. The molecule has 0 aliphatic rings. The molecule has 2 N–H and O–H groups in total. The molecule has 0 rings (SSSR count). The van der Waals surface area contributed by atoms with Gasteiger partial charge in [-0.05, 0) is 26.7 Å². The van der Waals surface area contributed by atoms with Gasteiger partial charge in [-0.15, -0.1) is 0 Å². The van der Waals surface area contributed by atoms with Crippen molar-refractivity contribution >= 4 is 11.9 Å². The number of rotatable bonds is 19. The highest BCUT2D eigenvalue weighted by atomic mass is 16.5. The smallest absolute Gasteiger partial charge is 0.332 e. The third-order valence-electron chi connectivity index (χ3n) is 4.97. The zero-order valence-corrected chi connectivity index (χ0v) is 20.3. The monoisotopic (exact) mass is 430 g/mol. The topological polar surface area (TPSA) is 83.8 Å². The van der Waals surface area contributed by atoms with Crippen LogP contribution in [-0.2, 0) is 14.3 Å². The van der Waals surface area contributed by atoms with E-state index in [0.29, 0.717) is 12.8 Å². The molecule has 0 heterocycles. The molecule has 0 saturated heterocycles. The van der Waals surface area contributed by atoms with Crippen LogP contribution < -0.4 is 0 Å². The van der Waals surface area contributed by atoms with E-state index in [-0.39, 0.29) is 12.1 Å². The van der Waals surface area contributed by atoms with Gasteiger partial charge in [-0.2, -0.15) is 0 Å². The van der Waals surface area contributed by atoms with Gasteiger partial charge in [0.1, 0.15) is 0 Å². The molecular formula is C25H50O5. The second-order valence-corrected chi connectivity index (χ2v) is 8.53. The lowest BCUT2D eigenvalue weighted by Gasteiger charge is -2.07. The molecule has 0 aromatic carbocycles. The van der Waals surface area contributed by atoms with Gasteiger partial charge < -0.3 is 14.9 Å². The Labute approximate surface area is 186 Å². The molecule has 0 amide bonds. The van der Waals surface area contributed by atoms with Crippen molar-refractivity contribution in [1.82, 2.24) is 0 Å². The highest BCUT2D eigenvalue weighted by molar-refractivity contribution is 5.71. The van der Waals surface area contributed by atoms with Crippen LogP contribution in [0.15, 0.2) is 0 Å². The molecule has 0 aliphatic carbocycles. The fraction of sp³-hybridized carbons (Fsp3) is 0.920. The van der Waals surface area contributed by atoms with Gasteiger partial charge in [-0.3, -0.25) is 4.79 Å². The number of aliphatic hydroxyl groups is 1. The molecule has 0 radical (unpaired) electrons. The predicted octanol–water partition coefficient (Wildman–Crippen LogP) is 7.04. The Hall–Kier alpha value is -1.10. The quantitative estimate of drug-likeness (QED) is 0.169. The van der Waals surface area contributed by atoms with Crippen molar-refractivity contribution in [3.05, 3.63) is 0 Å². The zero-order valence-electron chi connectivity index (χ0n) is 20.3. The molecule has 1 atom stereocenters. The van der Waals surface area contributed by atoms with Crippen LogP contribution in [0.5, 0.6) is 0 Å². The number of aliphatic carboxylic acids is 1. The molecule has 0 aromatic rings. The number of carbonyl (C=O) groups excluding carboxylic acids is 1. The first-order valence-electron chi connectivity index (χ1n) is 12.4. The largest absolute Gasteiger partial charge is 0.479 e. The molecule has 0 saturated carbocycles. The lowest BCUT2D eigenvalue weighted by Crippen LogP contribution is -2.18. The van der Waals surface area contributed by atoms with Gasteiger partial charge in [0, 0.05) is 6.42 Å². The molecule has 5 heteroatoms. The molecule has 1 unspecified atom stereocenters. The van der Waals surface area contributed by atoms with E-state index in [4.69, 9.17) is 14.9 Å². The number of hydrogen-bond donors (Lipinski definition) is 2. The number of ether oxygens (including phenoxy) is 1. The van der Waals surface area contributed by atoms with Crippen LogP contribution in [0.2, 0.25) is 0 Å². The Kier molecular flexibility index (Phi) is 25.0. The van der Waals surface area contributed by atoms with Gasteiger partial charge in [-0.1, -0.05) is 104 Å². The van der Waals surface area contributed by atoms with E-state index in [1.807, 2.05) is 13.8 Å². The number of carboxylic acid groups (broad SMARTS) is 1. The summed E-state index contributed by atoms with van der Waals surface area (Å²) < 4.78 is 5.10. The van der Waals surface area contributed by atoms with Gasteiger partial charge >= 0.3 is 11.9 Å². The molecule has 0 aliphatic heterocycles. The van der Waals surface area contributed by atoms with Gasteiger partial charge in [0.05, 0.1) is 6.10 Å². The van der Waals surface area contributed by atoms with Crippen molar-refractivity contribution in [3.8, 4) is 0 Å². The summed E-state index contributed by atoms with van der Waals surface area (Å²) in [6.07, 6.45) is 18.4. The van der Waals surface area contributed by atoms with Crippen molar-refractivity contribution in [3.63, 3.8) is 0 Å². The van der Waals surface area contributed by atoms with Crippen molar-refractivity contribution < 1.29 is 24.5 Å². The minimum atomic E-state index is -1.16. The summed E-state index contributed by atoms with van der Waals surface area (Å²) in [6, 6.07) is 0. The van der Waals surface area contributed by atoms with E-state index in [0.717, 1.165) is 32.1 Å². The molecular weight excluding hydrogens is 380 g/mol. The summed E-state index contributed by atoms with van der Waals surface area (Å²) in [5.74, 6) is -1.15. The molecule has 180 valence electrons. The molecule has 0 spiro atoms. The van der Waals surface area contributed by atoms with E-state index < -0.39 is 12.1 Å². The summed E-state index contributed by atoms with van der Waals surface area (Å²) >= 11 is 0. The summed E-state index contributed by atoms with van der Waals surface area (Å²) in [5, 5.41) is 17.1. The highest BCUT2D eigenvalue weighted by Crippen LogP contribution is 2.12. The Balaban J connectivity index is 0. The fourth-order valence-corrected chi connectivity index (χ4v) is 3.14. The van der Waals surface area contributed by atoms with Crippen molar-refractivity contribution in [2.24, 2.45) is 0 Å². The zero-order chi connectivity index (χ0) is 23.0. The molecule has 5 nitrogen and oxygen atoms in total. The molecule has 30 heavy (non-hydrogen) atoms. The molecule has 0 aromatic heterocycles. The third kappa shape index (κ3) is 26.9. The summed E-state index contributed by atoms with van der Waals surface area (Å²) in [4.78, 5) is 21.4. The van der Waals surface area contributed by atoms with Crippen molar-refractivity contribution in [2.45, 2.75) is 149 Å². The van der Waals surface area contributed by atoms with Crippen LogP contribution >= 0.6 is 0 Å². The average Bonchev–Trinajstić information content (AvgIpc) is 2.69. The first kappa shape index (κ1) is 31.1. The average molecular weight is 431 g/mol. The second kappa shape index (κ2) is 24.2. The van der Waals surface area contributed by atoms with Crippen LogP contribution in [-0.4, -0.2) is 34.4 Å². The van der Waals surface area contributed by atoms with Crippen molar-refractivity contribution in [2.75, 3.05) is 0 Å². The lowest BCUT2D eigenvalue weighted by molar-refractivity contribution is -0.148. The molecule has 0 bridgehead atoms. The number of hydrogen-bond acceptors (Lipinski definition) is 4. The number of esters is 1. The Bertz CT molecular complexity index is 382. The van der Waals surface area contributed by atoms with Gasteiger partial charge in [0.25, 0.3) is 0 Å². The maximum Gasteiger partial charge on any atom is 0.332 e. The number of carbonyl (C=O) groups is 2. The minimum Gasteiger partial charge on any atom is -0.479 e. The number of aliphatic hydroxyl groups excluding tert-OH is 1. The highest BCUT2D eigenvalue weighted by Gasteiger charge is 2.11. The van der Waals surface area contributed by atoms with E-state index in [9.17, 15) is 9.59 Å². The summed E-state index contributed by atoms with van der Waals surface area (Å²) in [7, 11) is 0. The fourth-order valence-electron chi connectivity index (χ4n) is 3.14. The SMILES string of the molecule is CCCCCCC(O)C(=O)O.CCCCCCCCCCCCCC(=O)OC(C)C. The Morgan fingerprint density at radius 2 is 1.10 bits per heavy atom. The van der Waals surface area contributed by atoms with E-state index in [2.05, 4.69) is 13.8 Å². The van der Waals surface area contributed by atoms with Crippen LogP contribution in [0, 0.1) is 0 Å². The van der Waals surface area contributed by atoms with Crippen LogP contribution in [0.4, 0.5) is 0 Å². The normalized spacial score (nSPS) is 11.7. The van der Waals surface area contributed by atoms with E-state index in [1.165, 1.54) is 64.2 Å². The van der Waals surface area contributed by atoms with E-state index in [1.54, 1.807) is 0 Å². The predicted molar refractivity (Wildman–Crippen MR) is 125 cm³/mol. The van der Waals surface area contributed by atoms with Crippen LogP contribution in [0.25, 0.3) is 0 Å². The first-order valence-corrected chi connectivity index (χ1v) is 12.4. The van der Waals surface area contributed by atoms with Crippen LogP contribution in [0.1, 0.15) is 137 Å². The maximum absolute atomic E-state index is 11.3. The van der Waals surface area contributed by atoms with Gasteiger partial charge in [0.15, 0.2) is 6.10 Å². The van der Waals surface area contributed by atoms with Gasteiger partial charge in [0.2, 0.25) is 0 Å². The third-order valence-corrected chi connectivity index (χ3v) is 4.97. The maximum atomic E-state index is 11.3. The van der Waals surface area contributed by atoms with Crippen LogP contribution in [0.3, 0.4) is 0 Å². The van der Waals surface area contributed by atoms with Gasteiger partial charge in [-0.25, -0.2) is 4.79 Å².